The number of amides is 1. The molecule has 0 aliphatic heterocycles. The molecule has 5 nitrogen and oxygen atoms in total. The Morgan fingerprint density at radius 2 is 2.00 bits per heavy atom. The second-order valence-corrected chi connectivity index (χ2v) is 5.18. The number of methoxy groups -OCH3 is 2. The minimum atomic E-state index is 0.00863. The molecule has 5 heteroatoms. The molecule has 0 aliphatic carbocycles. The molecule has 1 amide bonds. The van der Waals surface area contributed by atoms with Gasteiger partial charge in [0.2, 0.25) is 5.91 Å². The van der Waals surface area contributed by atoms with Gasteiger partial charge in [-0.1, -0.05) is 13.3 Å². The Morgan fingerprint density at radius 1 is 1.24 bits per heavy atom. The number of anilines is 1. The number of hydrogen-bond donors (Lipinski definition) is 2. The Kier molecular flexibility index (Phi) is 7.61. The first-order valence-electron chi connectivity index (χ1n) is 7.43. The maximum absolute atomic E-state index is 12.0. The number of benzene rings is 1. The number of carbonyl (C=O) groups is 1. The lowest BCUT2D eigenvalue weighted by Crippen LogP contribution is -3.09. The number of quaternary nitrogens is 1. The zero-order valence-corrected chi connectivity index (χ0v) is 13.5. The van der Waals surface area contributed by atoms with Gasteiger partial charge in [0.25, 0.3) is 0 Å². The molecule has 0 bridgehead atoms. The first-order valence-corrected chi connectivity index (χ1v) is 7.43. The van der Waals surface area contributed by atoms with E-state index < -0.39 is 0 Å². The standard InChI is InChI=1S/C16H26N2O3/c1-5-6-10-18(2)11-9-16(19)17-14-8-7-13(20-3)12-15(14)21-4/h7-8,12H,5-6,9-11H2,1-4H3,(H,17,19)/p+1. The van der Waals surface area contributed by atoms with Crippen molar-refractivity contribution < 1.29 is 19.2 Å². The largest absolute Gasteiger partial charge is 0.497 e. The summed E-state index contributed by atoms with van der Waals surface area (Å²) in [5.74, 6) is 1.32. The summed E-state index contributed by atoms with van der Waals surface area (Å²) in [4.78, 5) is 13.4. The summed E-state index contributed by atoms with van der Waals surface area (Å²) in [6, 6.07) is 5.36. The van der Waals surface area contributed by atoms with E-state index in [0.717, 1.165) is 13.1 Å². The number of hydrogen-bond acceptors (Lipinski definition) is 3. The summed E-state index contributed by atoms with van der Waals surface area (Å²) >= 11 is 0. The van der Waals surface area contributed by atoms with Crippen LogP contribution in [0.2, 0.25) is 0 Å². The van der Waals surface area contributed by atoms with Crippen LogP contribution in [-0.2, 0) is 4.79 Å². The lowest BCUT2D eigenvalue weighted by atomic mass is 10.2. The van der Waals surface area contributed by atoms with Crippen molar-refractivity contribution in [1.29, 1.82) is 0 Å². The molecule has 118 valence electrons. The van der Waals surface area contributed by atoms with Gasteiger partial charge in [-0.05, 0) is 18.6 Å². The second-order valence-electron chi connectivity index (χ2n) is 5.18. The molecule has 0 saturated heterocycles. The van der Waals surface area contributed by atoms with Crippen LogP contribution in [0.5, 0.6) is 11.5 Å². The molecule has 1 aromatic carbocycles. The quantitative estimate of drug-likeness (QED) is 0.723. The first-order chi connectivity index (χ1) is 10.1. The summed E-state index contributed by atoms with van der Waals surface area (Å²) in [6.07, 6.45) is 2.89. The average Bonchev–Trinajstić information content (AvgIpc) is 2.51. The van der Waals surface area contributed by atoms with Gasteiger partial charge in [0, 0.05) is 6.07 Å². The zero-order chi connectivity index (χ0) is 15.7. The minimum absolute atomic E-state index is 0.00863. The molecule has 0 aliphatic rings. The fraction of sp³-hybridized carbons (Fsp3) is 0.562. The lowest BCUT2D eigenvalue weighted by molar-refractivity contribution is -0.879. The molecule has 0 heterocycles. The molecule has 0 fully saturated rings. The molecule has 0 saturated carbocycles. The maximum Gasteiger partial charge on any atom is 0.230 e. The molecule has 0 radical (unpaired) electrons. The van der Waals surface area contributed by atoms with Gasteiger partial charge in [-0.2, -0.15) is 0 Å². The lowest BCUT2D eigenvalue weighted by Gasteiger charge is -2.14. The van der Waals surface area contributed by atoms with E-state index in [2.05, 4.69) is 19.3 Å². The predicted octanol–water partition coefficient (Wildman–Crippen LogP) is 1.35. The van der Waals surface area contributed by atoms with E-state index in [0.29, 0.717) is 23.6 Å². The monoisotopic (exact) mass is 295 g/mol. The van der Waals surface area contributed by atoms with E-state index in [1.165, 1.54) is 17.7 Å². The first kappa shape index (κ1) is 17.3. The van der Waals surface area contributed by atoms with E-state index in [1.807, 2.05) is 0 Å². The van der Waals surface area contributed by atoms with Crippen molar-refractivity contribution in [3.8, 4) is 11.5 Å². The highest BCUT2D eigenvalue weighted by Gasteiger charge is 2.11. The number of rotatable bonds is 9. The third-order valence-electron chi connectivity index (χ3n) is 3.42. The van der Waals surface area contributed by atoms with E-state index >= 15 is 0 Å². The topological polar surface area (TPSA) is 52.0 Å². The van der Waals surface area contributed by atoms with Gasteiger partial charge in [-0.3, -0.25) is 4.79 Å². The smallest absolute Gasteiger partial charge is 0.230 e. The molecule has 1 rings (SSSR count). The molecule has 1 aromatic rings. The highest BCUT2D eigenvalue weighted by atomic mass is 16.5. The molecule has 0 aromatic heterocycles. The summed E-state index contributed by atoms with van der Waals surface area (Å²) in [7, 11) is 5.30. The average molecular weight is 295 g/mol. The second kappa shape index (κ2) is 9.23. The summed E-state index contributed by atoms with van der Waals surface area (Å²) in [5.41, 5.74) is 0.675. The SMILES string of the molecule is CCCC[NH+](C)CCC(=O)Nc1ccc(OC)cc1OC. The highest BCUT2D eigenvalue weighted by molar-refractivity contribution is 5.92. The van der Waals surface area contributed by atoms with Gasteiger partial charge < -0.3 is 19.7 Å². The Morgan fingerprint density at radius 3 is 2.62 bits per heavy atom. The van der Waals surface area contributed by atoms with Crippen LogP contribution in [-0.4, -0.2) is 40.3 Å². The predicted molar refractivity (Wildman–Crippen MR) is 84.3 cm³/mol. The van der Waals surface area contributed by atoms with Crippen molar-refractivity contribution in [2.75, 3.05) is 39.7 Å². The fourth-order valence-electron chi connectivity index (χ4n) is 2.04. The molecule has 2 N–H and O–H groups in total. The number of unbranched alkanes of at least 4 members (excludes halogenated alkanes) is 1. The van der Waals surface area contributed by atoms with Crippen molar-refractivity contribution in [2.24, 2.45) is 0 Å². The fourth-order valence-corrected chi connectivity index (χ4v) is 2.04. The summed E-state index contributed by atoms with van der Waals surface area (Å²) in [6.45, 7) is 4.12. The highest BCUT2D eigenvalue weighted by Crippen LogP contribution is 2.28. The van der Waals surface area contributed by atoms with E-state index in [4.69, 9.17) is 9.47 Å². The van der Waals surface area contributed by atoms with Crippen LogP contribution in [0.3, 0.4) is 0 Å². The van der Waals surface area contributed by atoms with Gasteiger partial charge in [0.1, 0.15) is 11.5 Å². The third kappa shape index (κ3) is 6.04. The van der Waals surface area contributed by atoms with Crippen molar-refractivity contribution >= 4 is 11.6 Å². The van der Waals surface area contributed by atoms with Crippen LogP contribution in [0, 0.1) is 0 Å². The molecule has 21 heavy (non-hydrogen) atoms. The number of ether oxygens (including phenoxy) is 2. The van der Waals surface area contributed by atoms with E-state index in [9.17, 15) is 4.79 Å². The van der Waals surface area contributed by atoms with Gasteiger partial charge in [-0.15, -0.1) is 0 Å². The Hall–Kier alpha value is -1.75. The van der Waals surface area contributed by atoms with Crippen molar-refractivity contribution in [2.45, 2.75) is 26.2 Å². The summed E-state index contributed by atoms with van der Waals surface area (Å²) in [5, 5.41) is 2.89. The summed E-state index contributed by atoms with van der Waals surface area (Å²) < 4.78 is 10.4. The third-order valence-corrected chi connectivity index (χ3v) is 3.42. The van der Waals surface area contributed by atoms with Gasteiger partial charge in [-0.25, -0.2) is 0 Å². The van der Waals surface area contributed by atoms with Crippen LogP contribution in [0.25, 0.3) is 0 Å². The molecular formula is C16H27N2O3+. The Bertz CT molecular complexity index is 449. The Labute approximate surface area is 127 Å². The van der Waals surface area contributed by atoms with Crippen LogP contribution in [0.4, 0.5) is 5.69 Å². The molecule has 0 spiro atoms. The van der Waals surface area contributed by atoms with E-state index in [1.54, 1.807) is 32.4 Å². The van der Waals surface area contributed by atoms with Crippen LogP contribution in [0.15, 0.2) is 18.2 Å². The van der Waals surface area contributed by atoms with Crippen molar-refractivity contribution in [1.82, 2.24) is 0 Å². The van der Waals surface area contributed by atoms with Crippen LogP contribution < -0.4 is 19.7 Å². The van der Waals surface area contributed by atoms with Gasteiger partial charge >= 0.3 is 0 Å². The molecular weight excluding hydrogens is 268 g/mol. The maximum atomic E-state index is 12.0. The normalized spacial score (nSPS) is 11.8. The van der Waals surface area contributed by atoms with Crippen molar-refractivity contribution in [3.05, 3.63) is 18.2 Å². The van der Waals surface area contributed by atoms with Gasteiger partial charge in [0.05, 0.1) is 46.5 Å². The molecule has 1 atom stereocenters. The van der Waals surface area contributed by atoms with Crippen molar-refractivity contribution in [3.63, 3.8) is 0 Å². The zero-order valence-electron chi connectivity index (χ0n) is 13.5. The van der Waals surface area contributed by atoms with Gasteiger partial charge in [0.15, 0.2) is 0 Å². The Balaban J connectivity index is 2.51. The number of nitrogens with one attached hydrogen (secondary N) is 2. The number of carbonyl (C=O) groups excluding carboxylic acids is 1. The minimum Gasteiger partial charge on any atom is -0.497 e. The van der Waals surface area contributed by atoms with Crippen LogP contribution >= 0.6 is 0 Å². The van der Waals surface area contributed by atoms with E-state index in [-0.39, 0.29) is 5.91 Å². The molecule has 1 unspecified atom stereocenters. The van der Waals surface area contributed by atoms with Crippen LogP contribution in [0.1, 0.15) is 26.2 Å².